The van der Waals surface area contributed by atoms with E-state index in [0.29, 0.717) is 39.8 Å². The zero-order valence-electron chi connectivity index (χ0n) is 18.8. The van der Waals surface area contributed by atoms with Crippen molar-refractivity contribution >= 4 is 41.0 Å². The van der Waals surface area contributed by atoms with Crippen LogP contribution in [0.1, 0.15) is 38.8 Å². The van der Waals surface area contributed by atoms with Gasteiger partial charge in [-0.1, -0.05) is 30.7 Å². The van der Waals surface area contributed by atoms with E-state index in [1.54, 1.807) is 67.3 Å². The number of urea groups is 2. The monoisotopic (exact) mass is 470 g/mol. The number of hydrogen-bond donors (Lipinski definition) is 3. The number of carbonyl (C=O) groups is 3. The molecule has 2 aromatic carbocycles. The van der Waals surface area contributed by atoms with Crippen LogP contribution in [0.3, 0.4) is 0 Å². The van der Waals surface area contributed by atoms with Gasteiger partial charge < -0.3 is 20.7 Å². The predicted molar refractivity (Wildman–Crippen MR) is 128 cm³/mol. The van der Waals surface area contributed by atoms with Crippen LogP contribution >= 0.6 is 11.6 Å². The Morgan fingerprint density at radius 3 is 2.15 bits per heavy atom. The molecule has 0 radical (unpaired) electrons. The van der Waals surface area contributed by atoms with Gasteiger partial charge in [0.2, 0.25) is 0 Å². The SMILES string of the molecule is CCCN1C(=O)NC(c2ccc(NC(=O)Nc3ccc(Cl)cc3)cc2)C(C(=O)OCC)=C1C. The fraction of sp³-hybridized carbons (Fsp3) is 0.292. The molecule has 2 aromatic rings. The molecule has 4 amide bonds. The predicted octanol–water partition coefficient (Wildman–Crippen LogP) is 5.30. The molecule has 3 N–H and O–H groups in total. The van der Waals surface area contributed by atoms with Gasteiger partial charge >= 0.3 is 18.0 Å². The highest BCUT2D eigenvalue weighted by molar-refractivity contribution is 6.30. The molecule has 1 atom stereocenters. The molecule has 0 aliphatic carbocycles. The second-order valence-corrected chi connectivity index (χ2v) is 7.90. The Hall–Kier alpha value is -3.52. The number of ether oxygens (including phenoxy) is 1. The number of rotatable bonds is 7. The molecule has 0 fully saturated rings. The summed E-state index contributed by atoms with van der Waals surface area (Å²) < 4.78 is 5.26. The van der Waals surface area contributed by atoms with Gasteiger partial charge in [-0.25, -0.2) is 14.4 Å². The van der Waals surface area contributed by atoms with E-state index in [0.717, 1.165) is 6.42 Å². The quantitative estimate of drug-likeness (QED) is 0.478. The van der Waals surface area contributed by atoms with Crippen LogP contribution in [-0.4, -0.2) is 36.1 Å². The Kier molecular flexibility index (Phi) is 7.95. The van der Waals surface area contributed by atoms with Crippen LogP contribution in [-0.2, 0) is 9.53 Å². The van der Waals surface area contributed by atoms with E-state index in [1.165, 1.54) is 0 Å². The summed E-state index contributed by atoms with van der Waals surface area (Å²) in [5.74, 6) is -0.467. The van der Waals surface area contributed by atoms with E-state index in [4.69, 9.17) is 16.3 Å². The second kappa shape index (κ2) is 10.9. The van der Waals surface area contributed by atoms with Crippen molar-refractivity contribution in [2.24, 2.45) is 0 Å². The Morgan fingerprint density at radius 1 is 1.03 bits per heavy atom. The van der Waals surface area contributed by atoms with Crippen molar-refractivity contribution in [3.8, 4) is 0 Å². The third-order valence-electron chi connectivity index (χ3n) is 5.14. The molecule has 174 valence electrons. The molecular weight excluding hydrogens is 444 g/mol. The van der Waals surface area contributed by atoms with Gasteiger partial charge in [-0.3, -0.25) is 4.90 Å². The summed E-state index contributed by atoms with van der Waals surface area (Å²) in [4.78, 5) is 39.2. The van der Waals surface area contributed by atoms with E-state index in [-0.39, 0.29) is 12.6 Å². The van der Waals surface area contributed by atoms with Crippen LogP contribution < -0.4 is 16.0 Å². The fourth-order valence-electron chi connectivity index (χ4n) is 3.58. The van der Waals surface area contributed by atoms with Gasteiger partial charge in [0.25, 0.3) is 0 Å². The molecular formula is C24H27ClN4O4. The number of amides is 4. The topological polar surface area (TPSA) is 99.8 Å². The Balaban J connectivity index is 1.78. The Morgan fingerprint density at radius 2 is 1.61 bits per heavy atom. The minimum atomic E-state index is -0.651. The lowest BCUT2D eigenvalue weighted by Gasteiger charge is -2.35. The molecule has 0 spiro atoms. The summed E-state index contributed by atoms with van der Waals surface area (Å²) in [6.45, 7) is 6.19. The van der Waals surface area contributed by atoms with E-state index in [9.17, 15) is 14.4 Å². The van der Waals surface area contributed by atoms with Crippen LogP contribution in [0, 0.1) is 0 Å². The largest absolute Gasteiger partial charge is 0.463 e. The smallest absolute Gasteiger partial charge is 0.338 e. The number of hydrogen-bond acceptors (Lipinski definition) is 4. The summed E-state index contributed by atoms with van der Waals surface area (Å²) >= 11 is 5.86. The van der Waals surface area contributed by atoms with Crippen LogP contribution in [0.25, 0.3) is 0 Å². The average molecular weight is 471 g/mol. The number of carbonyl (C=O) groups excluding carboxylic acids is 3. The zero-order valence-corrected chi connectivity index (χ0v) is 19.5. The summed E-state index contributed by atoms with van der Waals surface area (Å²) in [6.07, 6.45) is 0.754. The van der Waals surface area contributed by atoms with Gasteiger partial charge in [-0.05, 0) is 62.2 Å². The third kappa shape index (κ3) is 5.84. The highest BCUT2D eigenvalue weighted by Gasteiger charge is 2.36. The highest BCUT2D eigenvalue weighted by atomic mass is 35.5. The van der Waals surface area contributed by atoms with Crippen LogP contribution in [0.2, 0.25) is 5.02 Å². The molecule has 1 aliphatic rings. The van der Waals surface area contributed by atoms with Crippen molar-refractivity contribution in [3.63, 3.8) is 0 Å². The number of nitrogens with one attached hydrogen (secondary N) is 3. The molecule has 9 heteroatoms. The fourth-order valence-corrected chi connectivity index (χ4v) is 3.71. The van der Waals surface area contributed by atoms with Gasteiger partial charge in [0.05, 0.1) is 18.2 Å². The molecule has 0 aromatic heterocycles. The molecule has 0 saturated heterocycles. The maximum Gasteiger partial charge on any atom is 0.338 e. The number of anilines is 2. The van der Waals surface area contributed by atoms with Crippen LogP contribution in [0.15, 0.2) is 59.8 Å². The molecule has 0 bridgehead atoms. The number of halogens is 1. The summed E-state index contributed by atoms with van der Waals surface area (Å²) in [5, 5.41) is 8.95. The molecule has 3 rings (SSSR count). The maximum atomic E-state index is 12.7. The first-order chi connectivity index (χ1) is 15.8. The van der Waals surface area contributed by atoms with Crippen molar-refractivity contribution in [3.05, 3.63) is 70.4 Å². The summed E-state index contributed by atoms with van der Waals surface area (Å²) in [6, 6.07) is 12.4. The lowest BCUT2D eigenvalue weighted by atomic mass is 9.94. The number of allylic oxidation sites excluding steroid dienone is 1. The van der Waals surface area contributed by atoms with Crippen molar-refractivity contribution < 1.29 is 19.1 Å². The van der Waals surface area contributed by atoms with Crippen molar-refractivity contribution in [1.29, 1.82) is 0 Å². The average Bonchev–Trinajstić information content (AvgIpc) is 2.78. The molecule has 1 unspecified atom stereocenters. The normalized spacial score (nSPS) is 15.7. The zero-order chi connectivity index (χ0) is 24.0. The van der Waals surface area contributed by atoms with Gasteiger partial charge in [-0.15, -0.1) is 0 Å². The lowest BCUT2D eigenvalue weighted by molar-refractivity contribution is -0.139. The van der Waals surface area contributed by atoms with E-state index < -0.39 is 18.0 Å². The van der Waals surface area contributed by atoms with Crippen molar-refractivity contribution in [2.45, 2.75) is 33.2 Å². The first-order valence-corrected chi connectivity index (χ1v) is 11.1. The van der Waals surface area contributed by atoms with E-state index in [2.05, 4.69) is 16.0 Å². The minimum Gasteiger partial charge on any atom is -0.463 e. The first-order valence-electron chi connectivity index (χ1n) is 10.7. The van der Waals surface area contributed by atoms with Gasteiger partial charge in [0.1, 0.15) is 0 Å². The van der Waals surface area contributed by atoms with E-state index >= 15 is 0 Å². The second-order valence-electron chi connectivity index (χ2n) is 7.46. The summed E-state index contributed by atoms with van der Waals surface area (Å²) in [7, 11) is 0. The van der Waals surface area contributed by atoms with Crippen LogP contribution in [0.5, 0.6) is 0 Å². The Labute approximate surface area is 197 Å². The standard InChI is InChI=1S/C24H27ClN4O4/c1-4-14-29-15(3)20(22(30)33-5-2)21(28-24(29)32)16-6-10-18(11-7-16)26-23(31)27-19-12-8-17(25)9-13-19/h6-13,21H,4-5,14H2,1-3H3,(H,28,32)(H2,26,27,31). The van der Waals surface area contributed by atoms with Crippen LogP contribution in [0.4, 0.5) is 21.0 Å². The van der Waals surface area contributed by atoms with Crippen molar-refractivity contribution in [1.82, 2.24) is 10.2 Å². The van der Waals surface area contributed by atoms with Gasteiger partial charge in [0, 0.05) is 28.6 Å². The lowest BCUT2D eigenvalue weighted by Crippen LogP contribution is -2.48. The first kappa shape index (κ1) is 24.1. The minimum absolute atomic E-state index is 0.232. The number of benzene rings is 2. The highest BCUT2D eigenvalue weighted by Crippen LogP contribution is 2.32. The van der Waals surface area contributed by atoms with E-state index in [1.807, 2.05) is 6.92 Å². The maximum absolute atomic E-state index is 12.7. The molecule has 33 heavy (non-hydrogen) atoms. The molecule has 1 aliphatic heterocycles. The Bertz CT molecular complexity index is 1050. The molecule has 8 nitrogen and oxygen atoms in total. The molecule has 0 saturated carbocycles. The van der Waals surface area contributed by atoms with Gasteiger partial charge in [-0.2, -0.15) is 0 Å². The molecule has 1 heterocycles. The number of nitrogens with zero attached hydrogens (tertiary/aromatic N) is 1. The summed E-state index contributed by atoms with van der Waals surface area (Å²) in [5.41, 5.74) is 2.83. The van der Waals surface area contributed by atoms with Crippen molar-refractivity contribution in [2.75, 3.05) is 23.8 Å². The number of esters is 1. The van der Waals surface area contributed by atoms with Gasteiger partial charge in [0.15, 0.2) is 0 Å². The third-order valence-corrected chi connectivity index (χ3v) is 5.39.